The second kappa shape index (κ2) is 7.66. The Kier molecular flexibility index (Phi) is 7.39. The van der Waals surface area contributed by atoms with Crippen LogP contribution in [0.2, 0.25) is 0 Å². The van der Waals surface area contributed by atoms with Crippen molar-refractivity contribution < 1.29 is 9.53 Å². The molecule has 0 saturated heterocycles. The number of ether oxygens (including phenoxy) is 1. The zero-order valence-electron chi connectivity index (χ0n) is 11.2. The number of carbonyl (C=O) groups is 1. The first kappa shape index (κ1) is 15.4. The SMILES string of the molecule is CCC(C)(CCCCCN)C(=O)OC(C)C. The standard InChI is InChI=1S/C13H27NO2/c1-5-13(4,9-7-6-8-10-14)12(15)16-11(2)3/h11H,5-10,14H2,1-4H3. The fourth-order valence-corrected chi connectivity index (χ4v) is 1.62. The largest absolute Gasteiger partial charge is 0.463 e. The Morgan fingerprint density at radius 3 is 2.38 bits per heavy atom. The first-order chi connectivity index (χ1) is 7.46. The van der Waals surface area contributed by atoms with Gasteiger partial charge < -0.3 is 10.5 Å². The molecule has 0 amide bonds. The minimum Gasteiger partial charge on any atom is -0.463 e. The molecule has 0 aliphatic carbocycles. The number of esters is 1. The van der Waals surface area contributed by atoms with Crippen molar-refractivity contribution in [3.05, 3.63) is 0 Å². The van der Waals surface area contributed by atoms with Gasteiger partial charge in [-0.25, -0.2) is 0 Å². The zero-order chi connectivity index (χ0) is 12.6. The Balaban J connectivity index is 4.13. The van der Waals surface area contributed by atoms with Gasteiger partial charge in [0.25, 0.3) is 0 Å². The molecule has 3 heteroatoms. The molecule has 0 spiro atoms. The van der Waals surface area contributed by atoms with Gasteiger partial charge in [0.15, 0.2) is 0 Å². The van der Waals surface area contributed by atoms with E-state index in [1.165, 1.54) is 0 Å². The highest BCUT2D eigenvalue weighted by atomic mass is 16.5. The molecule has 0 rings (SSSR count). The second-order valence-corrected chi connectivity index (χ2v) is 4.97. The fraction of sp³-hybridized carbons (Fsp3) is 0.923. The summed E-state index contributed by atoms with van der Waals surface area (Å²) < 4.78 is 5.30. The van der Waals surface area contributed by atoms with Gasteiger partial charge in [0, 0.05) is 0 Å². The van der Waals surface area contributed by atoms with E-state index in [-0.39, 0.29) is 17.5 Å². The van der Waals surface area contributed by atoms with Gasteiger partial charge in [-0.1, -0.05) is 19.8 Å². The van der Waals surface area contributed by atoms with Crippen LogP contribution in [0.15, 0.2) is 0 Å². The summed E-state index contributed by atoms with van der Waals surface area (Å²) in [5, 5.41) is 0. The molecule has 0 saturated carbocycles. The number of unbranched alkanes of at least 4 members (excludes halogenated alkanes) is 2. The molecule has 96 valence electrons. The molecule has 2 N–H and O–H groups in total. The summed E-state index contributed by atoms with van der Waals surface area (Å²) in [6.45, 7) is 8.56. The Bertz CT molecular complexity index is 204. The van der Waals surface area contributed by atoms with Crippen LogP contribution in [0.5, 0.6) is 0 Å². The summed E-state index contributed by atoms with van der Waals surface area (Å²) in [6, 6.07) is 0. The van der Waals surface area contributed by atoms with Crippen molar-refractivity contribution in [2.24, 2.45) is 11.1 Å². The van der Waals surface area contributed by atoms with Gasteiger partial charge in [-0.15, -0.1) is 0 Å². The average Bonchev–Trinajstić information content (AvgIpc) is 2.23. The average molecular weight is 229 g/mol. The fourth-order valence-electron chi connectivity index (χ4n) is 1.62. The third-order valence-electron chi connectivity index (χ3n) is 3.05. The number of nitrogens with two attached hydrogens (primary N) is 1. The molecule has 0 aromatic carbocycles. The van der Waals surface area contributed by atoms with E-state index < -0.39 is 0 Å². The third-order valence-corrected chi connectivity index (χ3v) is 3.05. The zero-order valence-corrected chi connectivity index (χ0v) is 11.2. The lowest BCUT2D eigenvalue weighted by Gasteiger charge is -2.27. The van der Waals surface area contributed by atoms with Crippen LogP contribution in [0.25, 0.3) is 0 Å². The van der Waals surface area contributed by atoms with E-state index in [1.54, 1.807) is 0 Å². The predicted octanol–water partition coefficient (Wildman–Crippen LogP) is 2.87. The predicted molar refractivity (Wildman–Crippen MR) is 67.1 cm³/mol. The molecule has 1 unspecified atom stereocenters. The van der Waals surface area contributed by atoms with E-state index in [4.69, 9.17) is 10.5 Å². The molecule has 16 heavy (non-hydrogen) atoms. The molecule has 0 aliphatic rings. The maximum Gasteiger partial charge on any atom is 0.312 e. The minimum absolute atomic E-state index is 0.0255. The van der Waals surface area contributed by atoms with Crippen molar-refractivity contribution in [1.29, 1.82) is 0 Å². The molecule has 0 bridgehead atoms. The maximum absolute atomic E-state index is 11.9. The van der Waals surface area contributed by atoms with Crippen LogP contribution in [-0.2, 0) is 9.53 Å². The quantitative estimate of drug-likeness (QED) is 0.514. The highest BCUT2D eigenvalue weighted by molar-refractivity contribution is 5.76. The van der Waals surface area contributed by atoms with Crippen molar-refractivity contribution >= 4 is 5.97 Å². The van der Waals surface area contributed by atoms with Crippen LogP contribution in [0.1, 0.15) is 59.8 Å². The van der Waals surface area contributed by atoms with Crippen LogP contribution >= 0.6 is 0 Å². The molecular formula is C13H27NO2. The minimum atomic E-state index is -0.321. The van der Waals surface area contributed by atoms with Crippen LogP contribution in [0.4, 0.5) is 0 Å². The van der Waals surface area contributed by atoms with Crippen molar-refractivity contribution in [1.82, 2.24) is 0 Å². The molecule has 1 atom stereocenters. The highest BCUT2D eigenvalue weighted by Crippen LogP contribution is 2.30. The lowest BCUT2D eigenvalue weighted by atomic mass is 9.82. The first-order valence-corrected chi connectivity index (χ1v) is 6.37. The highest BCUT2D eigenvalue weighted by Gasteiger charge is 2.32. The number of carbonyl (C=O) groups excluding carboxylic acids is 1. The smallest absolute Gasteiger partial charge is 0.312 e. The van der Waals surface area contributed by atoms with E-state index in [9.17, 15) is 4.79 Å². The number of hydrogen-bond donors (Lipinski definition) is 1. The molecular weight excluding hydrogens is 202 g/mol. The second-order valence-electron chi connectivity index (χ2n) is 4.97. The molecule has 0 radical (unpaired) electrons. The van der Waals surface area contributed by atoms with Gasteiger partial charge in [-0.3, -0.25) is 4.79 Å². The summed E-state index contributed by atoms with van der Waals surface area (Å²) in [5.74, 6) is -0.0576. The third kappa shape index (κ3) is 5.50. The van der Waals surface area contributed by atoms with E-state index in [0.717, 1.165) is 38.6 Å². The van der Waals surface area contributed by atoms with Crippen molar-refractivity contribution in [3.8, 4) is 0 Å². The van der Waals surface area contributed by atoms with Crippen LogP contribution in [0, 0.1) is 5.41 Å². The first-order valence-electron chi connectivity index (χ1n) is 6.37. The van der Waals surface area contributed by atoms with Crippen LogP contribution in [0.3, 0.4) is 0 Å². The summed E-state index contributed by atoms with van der Waals surface area (Å²) in [6.07, 6.45) is 4.90. The normalized spacial score (nSPS) is 14.9. The lowest BCUT2D eigenvalue weighted by molar-refractivity contribution is -0.159. The van der Waals surface area contributed by atoms with Crippen molar-refractivity contribution in [2.45, 2.75) is 65.9 Å². The topological polar surface area (TPSA) is 52.3 Å². The van der Waals surface area contributed by atoms with Gasteiger partial charge >= 0.3 is 5.97 Å². The van der Waals surface area contributed by atoms with E-state index >= 15 is 0 Å². The van der Waals surface area contributed by atoms with Crippen LogP contribution in [-0.4, -0.2) is 18.6 Å². The molecule has 0 fully saturated rings. The Morgan fingerprint density at radius 1 is 1.31 bits per heavy atom. The Labute approximate surface area is 99.7 Å². The maximum atomic E-state index is 11.9. The summed E-state index contributed by atoms with van der Waals surface area (Å²) in [7, 11) is 0. The lowest BCUT2D eigenvalue weighted by Crippen LogP contribution is -2.31. The summed E-state index contributed by atoms with van der Waals surface area (Å²) in [4.78, 5) is 11.9. The Morgan fingerprint density at radius 2 is 1.94 bits per heavy atom. The molecule has 0 heterocycles. The van der Waals surface area contributed by atoms with Crippen molar-refractivity contribution in [2.75, 3.05) is 6.54 Å². The van der Waals surface area contributed by atoms with Gasteiger partial charge in [0.2, 0.25) is 0 Å². The number of hydrogen-bond acceptors (Lipinski definition) is 3. The van der Waals surface area contributed by atoms with Crippen LogP contribution < -0.4 is 5.73 Å². The molecule has 0 aliphatic heterocycles. The Hall–Kier alpha value is -0.570. The molecule has 3 nitrogen and oxygen atoms in total. The van der Waals surface area contributed by atoms with E-state index in [2.05, 4.69) is 0 Å². The monoisotopic (exact) mass is 229 g/mol. The van der Waals surface area contributed by atoms with E-state index in [1.807, 2.05) is 27.7 Å². The summed E-state index contributed by atoms with van der Waals surface area (Å²) in [5.41, 5.74) is 5.12. The number of rotatable bonds is 8. The van der Waals surface area contributed by atoms with Crippen molar-refractivity contribution in [3.63, 3.8) is 0 Å². The van der Waals surface area contributed by atoms with Gasteiger partial charge in [-0.2, -0.15) is 0 Å². The van der Waals surface area contributed by atoms with E-state index in [0.29, 0.717) is 0 Å². The molecule has 0 aromatic heterocycles. The van der Waals surface area contributed by atoms with Gasteiger partial charge in [0.05, 0.1) is 11.5 Å². The van der Waals surface area contributed by atoms with Gasteiger partial charge in [-0.05, 0) is 46.6 Å². The molecule has 0 aromatic rings. The van der Waals surface area contributed by atoms with Gasteiger partial charge in [0.1, 0.15) is 0 Å². The summed E-state index contributed by atoms with van der Waals surface area (Å²) >= 11 is 0.